The molecule has 3 aliphatic rings. The number of allylic oxidation sites excluding steroid dienone is 1. The van der Waals surface area contributed by atoms with Crippen LogP contribution in [0, 0.1) is 0 Å². The Kier molecular flexibility index (Phi) is 8.78. The molecule has 214 valence electrons. The van der Waals surface area contributed by atoms with Gasteiger partial charge in [-0.2, -0.15) is 19.6 Å². The topological polar surface area (TPSA) is 109 Å². The van der Waals surface area contributed by atoms with Gasteiger partial charge < -0.3 is 25.0 Å². The number of carbonyl (C=O) groups is 1. The van der Waals surface area contributed by atoms with Crippen molar-refractivity contribution in [3.05, 3.63) is 23.9 Å². The van der Waals surface area contributed by atoms with E-state index in [9.17, 15) is 4.79 Å². The van der Waals surface area contributed by atoms with E-state index in [1.807, 2.05) is 24.0 Å². The largest absolute Gasteiger partial charge is 0.443 e. The number of alkyl halides is 1. The number of ether oxygens (including phenoxy) is 2. The van der Waals surface area contributed by atoms with Crippen LogP contribution in [0.3, 0.4) is 0 Å². The maximum absolute atomic E-state index is 13.3. The number of aromatic nitrogens is 4. The van der Waals surface area contributed by atoms with E-state index >= 15 is 0 Å². The number of methoxy groups -OCH3 is 1. The molecule has 0 aromatic carbocycles. The lowest BCUT2D eigenvalue weighted by Gasteiger charge is -2.43. The molecule has 2 N–H and O–H groups in total. The highest BCUT2D eigenvalue weighted by molar-refractivity contribution is 6.18. The highest BCUT2D eigenvalue weighted by atomic mass is 35.5. The number of fused-ring (bicyclic) bond motifs is 3. The average Bonchev–Trinajstić information content (AvgIpc) is 3.45. The molecule has 4 atom stereocenters. The van der Waals surface area contributed by atoms with Crippen molar-refractivity contribution < 1.29 is 14.3 Å². The zero-order chi connectivity index (χ0) is 27.5. The second-order valence-electron chi connectivity index (χ2n) is 11.2. The minimum Gasteiger partial charge on any atom is -0.443 e. The first-order chi connectivity index (χ1) is 18.9. The summed E-state index contributed by atoms with van der Waals surface area (Å²) in [4.78, 5) is 27.1. The van der Waals surface area contributed by atoms with Crippen LogP contribution in [0.15, 0.2) is 18.2 Å². The fourth-order valence-electron chi connectivity index (χ4n) is 5.87. The average molecular weight is 561 g/mol. The van der Waals surface area contributed by atoms with E-state index in [0.717, 1.165) is 56.7 Å². The molecule has 0 spiro atoms. The number of anilines is 2. The predicted octanol–water partition coefficient (Wildman–Crippen LogP) is 3.72. The third-order valence-corrected chi connectivity index (χ3v) is 8.06. The van der Waals surface area contributed by atoms with Crippen molar-refractivity contribution in [1.82, 2.24) is 29.4 Å². The highest BCUT2D eigenvalue weighted by Crippen LogP contribution is 2.38. The van der Waals surface area contributed by atoms with Crippen LogP contribution in [0.2, 0.25) is 0 Å². The molecule has 3 aliphatic heterocycles. The lowest BCUT2D eigenvalue weighted by molar-refractivity contribution is -0.0310. The van der Waals surface area contributed by atoms with Crippen molar-refractivity contribution in [3.8, 4) is 0 Å². The normalized spacial score (nSPS) is 24.5. The molecular weight excluding hydrogens is 520 g/mol. The van der Waals surface area contributed by atoms with E-state index in [1.54, 1.807) is 11.6 Å². The van der Waals surface area contributed by atoms with Gasteiger partial charge in [0.15, 0.2) is 5.65 Å². The summed E-state index contributed by atoms with van der Waals surface area (Å²) < 4.78 is 13.0. The fraction of sp³-hybridized carbons (Fsp3) is 0.704. The zero-order valence-corrected chi connectivity index (χ0v) is 24.1. The Labute approximate surface area is 235 Å². The van der Waals surface area contributed by atoms with Gasteiger partial charge in [-0.25, -0.2) is 4.79 Å². The number of hydrogen-bond acceptors (Lipinski definition) is 9. The third-order valence-electron chi connectivity index (χ3n) is 7.88. The first-order valence-corrected chi connectivity index (χ1v) is 14.6. The number of rotatable bonds is 11. The Morgan fingerprint density at radius 3 is 2.72 bits per heavy atom. The Morgan fingerprint density at radius 2 is 1.97 bits per heavy atom. The number of nitrogens with zero attached hydrogens (tertiary/aromatic N) is 6. The Bertz CT molecular complexity index is 1170. The standard InChI is InChI=1S/C27H41ClN8O3/c1-17(2)22-13-24-31-25(29-18(3)16-38-4)32-26(36(24)33-22)30-21-9-7-19-8-10-23(21)35(19)27(37)39-20-14-34(15-20)12-6-5-11-28/h5-6,13,17-21,23H,7-12,14-16H2,1-4H3,(H2,29,30,31,32)/b6-5+/t18-,19?,21?,23?/m1/s1. The second kappa shape index (κ2) is 12.3. The molecular formula is C27H41ClN8O3. The maximum atomic E-state index is 13.3. The minimum absolute atomic E-state index is 0.0453. The van der Waals surface area contributed by atoms with Crippen LogP contribution in [0.4, 0.5) is 16.7 Å². The van der Waals surface area contributed by atoms with Crippen molar-refractivity contribution in [2.75, 3.05) is 49.9 Å². The number of carbonyl (C=O) groups excluding carboxylic acids is 1. The number of piperidine rings is 1. The van der Waals surface area contributed by atoms with Gasteiger partial charge in [0.05, 0.1) is 18.3 Å². The molecule has 3 fully saturated rings. The third kappa shape index (κ3) is 6.25. The smallest absolute Gasteiger partial charge is 0.410 e. The van der Waals surface area contributed by atoms with Crippen LogP contribution in [0.5, 0.6) is 0 Å². The molecule has 2 aromatic heterocycles. The molecule has 0 radical (unpaired) electrons. The van der Waals surface area contributed by atoms with Crippen molar-refractivity contribution in [2.24, 2.45) is 0 Å². The maximum Gasteiger partial charge on any atom is 0.410 e. The molecule has 0 saturated carbocycles. The van der Waals surface area contributed by atoms with E-state index in [0.29, 0.717) is 24.4 Å². The summed E-state index contributed by atoms with van der Waals surface area (Å²) in [5.41, 5.74) is 1.69. The molecule has 0 aliphatic carbocycles. The molecule has 3 unspecified atom stereocenters. The Morgan fingerprint density at radius 1 is 1.18 bits per heavy atom. The van der Waals surface area contributed by atoms with Crippen LogP contribution in [0.1, 0.15) is 58.1 Å². The summed E-state index contributed by atoms with van der Waals surface area (Å²) >= 11 is 5.70. The summed E-state index contributed by atoms with van der Waals surface area (Å²) in [5, 5.41) is 11.8. The molecule has 39 heavy (non-hydrogen) atoms. The van der Waals surface area contributed by atoms with Gasteiger partial charge >= 0.3 is 6.09 Å². The van der Waals surface area contributed by atoms with Gasteiger partial charge in [-0.1, -0.05) is 26.0 Å². The van der Waals surface area contributed by atoms with E-state index < -0.39 is 0 Å². The summed E-state index contributed by atoms with van der Waals surface area (Å²) in [6.45, 7) is 9.16. The van der Waals surface area contributed by atoms with Crippen molar-refractivity contribution >= 4 is 35.2 Å². The van der Waals surface area contributed by atoms with Gasteiger partial charge in [-0.3, -0.25) is 4.90 Å². The summed E-state index contributed by atoms with van der Waals surface area (Å²) in [6.07, 6.45) is 7.57. The van der Waals surface area contributed by atoms with Crippen molar-refractivity contribution in [1.29, 1.82) is 0 Å². The number of likely N-dealkylation sites (tertiary alicyclic amines) is 1. The summed E-state index contributed by atoms with van der Waals surface area (Å²) in [6, 6.07) is 2.38. The highest BCUT2D eigenvalue weighted by Gasteiger charge is 2.47. The number of hydrogen-bond donors (Lipinski definition) is 2. The Hall–Kier alpha value is -2.63. The lowest BCUT2D eigenvalue weighted by Crippen LogP contribution is -2.57. The van der Waals surface area contributed by atoms with Gasteiger partial charge in [0.2, 0.25) is 11.9 Å². The number of halogens is 1. The van der Waals surface area contributed by atoms with Crippen LogP contribution in [0.25, 0.3) is 5.65 Å². The summed E-state index contributed by atoms with van der Waals surface area (Å²) in [5.74, 6) is 1.93. The molecule has 1 amide bonds. The number of nitrogens with one attached hydrogen (secondary N) is 2. The SMILES string of the molecule is COC[C@@H](C)Nc1nc(NC2CCC3CCC2N3C(=O)OC2CN(C/C=C/CCl)C2)n2nc(C(C)C)cc2n1. The molecule has 2 aromatic rings. The van der Waals surface area contributed by atoms with Crippen LogP contribution < -0.4 is 10.6 Å². The van der Waals surface area contributed by atoms with Crippen LogP contribution in [-0.4, -0.2) is 105 Å². The molecule has 5 heterocycles. The van der Waals surface area contributed by atoms with E-state index in [2.05, 4.69) is 35.5 Å². The lowest BCUT2D eigenvalue weighted by atomic mass is 9.98. The molecule has 2 bridgehead atoms. The van der Waals surface area contributed by atoms with Crippen LogP contribution >= 0.6 is 11.6 Å². The van der Waals surface area contributed by atoms with Gasteiger partial charge in [-0.15, -0.1) is 11.6 Å². The molecule has 12 heteroatoms. The molecule has 11 nitrogen and oxygen atoms in total. The quantitative estimate of drug-likeness (QED) is 0.314. The Balaban J connectivity index is 1.29. The molecule has 5 rings (SSSR count). The minimum atomic E-state index is -0.195. The monoisotopic (exact) mass is 560 g/mol. The molecule has 3 saturated heterocycles. The first kappa shape index (κ1) is 27.9. The first-order valence-electron chi connectivity index (χ1n) is 14.1. The van der Waals surface area contributed by atoms with E-state index in [-0.39, 0.29) is 42.3 Å². The van der Waals surface area contributed by atoms with Crippen molar-refractivity contribution in [3.63, 3.8) is 0 Å². The number of amides is 1. The summed E-state index contributed by atoms with van der Waals surface area (Å²) in [7, 11) is 1.68. The second-order valence-corrected chi connectivity index (χ2v) is 11.6. The zero-order valence-electron chi connectivity index (χ0n) is 23.3. The van der Waals surface area contributed by atoms with E-state index in [1.165, 1.54) is 0 Å². The van der Waals surface area contributed by atoms with Gasteiger partial charge in [0.25, 0.3) is 0 Å². The van der Waals surface area contributed by atoms with Gasteiger partial charge in [0, 0.05) is 56.8 Å². The van der Waals surface area contributed by atoms with Crippen LogP contribution in [-0.2, 0) is 9.47 Å². The predicted molar refractivity (Wildman–Crippen MR) is 152 cm³/mol. The van der Waals surface area contributed by atoms with E-state index in [4.69, 9.17) is 36.1 Å². The van der Waals surface area contributed by atoms with Crippen molar-refractivity contribution in [2.45, 2.75) is 82.6 Å². The fourth-order valence-corrected chi connectivity index (χ4v) is 5.99. The van der Waals surface area contributed by atoms with Gasteiger partial charge in [-0.05, 0) is 38.5 Å². The van der Waals surface area contributed by atoms with Gasteiger partial charge in [0.1, 0.15) is 6.10 Å².